The van der Waals surface area contributed by atoms with Crippen molar-refractivity contribution in [1.82, 2.24) is 4.72 Å². The van der Waals surface area contributed by atoms with E-state index >= 15 is 0 Å². The van der Waals surface area contributed by atoms with Gasteiger partial charge in [-0.25, -0.2) is 13.1 Å². The van der Waals surface area contributed by atoms with E-state index < -0.39 is 10.0 Å². The summed E-state index contributed by atoms with van der Waals surface area (Å²) in [5.41, 5.74) is 5.79. The number of nitrogens with two attached hydrogens (primary N) is 1. The molecule has 0 aliphatic rings. The summed E-state index contributed by atoms with van der Waals surface area (Å²) in [7, 11) is -3.77. The van der Waals surface area contributed by atoms with Crippen molar-refractivity contribution in [2.24, 2.45) is 5.92 Å². The first-order valence-electron chi connectivity index (χ1n) is 6.49. The number of nitrogen functional groups attached to an aromatic ring is 1. The van der Waals surface area contributed by atoms with E-state index in [0.717, 1.165) is 12.8 Å². The zero-order valence-electron chi connectivity index (χ0n) is 11.8. The normalized spacial score (nSPS) is 13.7. The van der Waals surface area contributed by atoms with E-state index in [2.05, 4.69) is 4.72 Å². The van der Waals surface area contributed by atoms with Crippen LogP contribution in [0, 0.1) is 5.92 Å². The van der Waals surface area contributed by atoms with E-state index in [4.69, 9.17) is 28.9 Å². The third-order valence-electron chi connectivity index (χ3n) is 3.40. The van der Waals surface area contributed by atoms with Gasteiger partial charge >= 0.3 is 0 Å². The van der Waals surface area contributed by atoms with E-state index in [0.29, 0.717) is 5.02 Å². The number of hydrogen-bond donors (Lipinski definition) is 2. The fourth-order valence-electron chi connectivity index (χ4n) is 2.26. The van der Waals surface area contributed by atoms with Gasteiger partial charge in [0, 0.05) is 11.1 Å². The molecule has 0 fully saturated rings. The molecular formula is C13H20Cl2N2O2S. The highest BCUT2D eigenvalue weighted by atomic mass is 35.5. The van der Waals surface area contributed by atoms with Crippen molar-refractivity contribution in [3.05, 3.63) is 22.2 Å². The average Bonchev–Trinajstić information content (AvgIpc) is 2.27. The van der Waals surface area contributed by atoms with Gasteiger partial charge in [0.2, 0.25) is 10.0 Å². The molecule has 20 heavy (non-hydrogen) atoms. The second kappa shape index (κ2) is 6.98. The van der Waals surface area contributed by atoms with E-state index in [1.807, 2.05) is 20.8 Å². The zero-order chi connectivity index (χ0) is 15.5. The van der Waals surface area contributed by atoms with Gasteiger partial charge in [-0.15, -0.1) is 0 Å². The Morgan fingerprint density at radius 1 is 1.25 bits per heavy atom. The van der Waals surface area contributed by atoms with Crippen LogP contribution in [0.1, 0.15) is 33.6 Å². The zero-order valence-corrected chi connectivity index (χ0v) is 14.1. The molecule has 1 atom stereocenters. The molecule has 0 amide bonds. The van der Waals surface area contributed by atoms with E-state index in [9.17, 15) is 8.42 Å². The highest BCUT2D eigenvalue weighted by molar-refractivity contribution is 7.89. The van der Waals surface area contributed by atoms with Crippen LogP contribution in [0.3, 0.4) is 0 Å². The summed E-state index contributed by atoms with van der Waals surface area (Å²) in [5.74, 6) is 0.261. The highest BCUT2D eigenvalue weighted by Gasteiger charge is 2.26. The van der Waals surface area contributed by atoms with Crippen LogP contribution >= 0.6 is 23.2 Å². The van der Waals surface area contributed by atoms with Gasteiger partial charge in [0.1, 0.15) is 4.90 Å². The van der Waals surface area contributed by atoms with Crippen LogP contribution in [0.2, 0.25) is 10.0 Å². The van der Waals surface area contributed by atoms with Gasteiger partial charge in [0.05, 0.1) is 10.7 Å². The maximum absolute atomic E-state index is 12.4. The van der Waals surface area contributed by atoms with Crippen molar-refractivity contribution < 1.29 is 8.42 Å². The van der Waals surface area contributed by atoms with Crippen LogP contribution in [0.4, 0.5) is 5.69 Å². The molecule has 7 heteroatoms. The van der Waals surface area contributed by atoms with Crippen LogP contribution in [0.5, 0.6) is 0 Å². The lowest BCUT2D eigenvalue weighted by Gasteiger charge is -2.23. The molecule has 3 N–H and O–H groups in total. The smallest absolute Gasteiger partial charge is 0.244 e. The molecule has 1 aromatic carbocycles. The summed E-state index contributed by atoms with van der Waals surface area (Å²) < 4.78 is 27.5. The fourth-order valence-corrected chi connectivity index (χ4v) is 4.56. The Morgan fingerprint density at radius 2 is 1.80 bits per heavy atom. The Bertz CT molecular complexity index is 549. The SMILES string of the molecule is CCC(CC)C(C)NS(=O)(=O)c1c(N)cc(Cl)cc1Cl. The van der Waals surface area contributed by atoms with Crippen LogP contribution in [-0.4, -0.2) is 14.5 Å². The molecule has 0 aromatic heterocycles. The maximum atomic E-state index is 12.4. The molecule has 0 aliphatic carbocycles. The van der Waals surface area contributed by atoms with Gasteiger partial charge < -0.3 is 5.73 Å². The minimum absolute atomic E-state index is 0.0271. The summed E-state index contributed by atoms with van der Waals surface area (Å²) in [5, 5.41) is 0.332. The van der Waals surface area contributed by atoms with Crippen molar-refractivity contribution in [3.63, 3.8) is 0 Å². The second-order valence-electron chi connectivity index (χ2n) is 4.79. The van der Waals surface area contributed by atoms with Crippen molar-refractivity contribution >= 4 is 38.9 Å². The summed E-state index contributed by atoms with van der Waals surface area (Å²) in [6.45, 7) is 5.90. The first-order chi connectivity index (χ1) is 9.22. The monoisotopic (exact) mass is 338 g/mol. The van der Waals surface area contributed by atoms with Crippen molar-refractivity contribution in [2.45, 2.75) is 44.6 Å². The Morgan fingerprint density at radius 3 is 2.25 bits per heavy atom. The van der Waals surface area contributed by atoms with E-state index in [1.165, 1.54) is 12.1 Å². The third kappa shape index (κ3) is 4.01. The molecule has 0 bridgehead atoms. The molecule has 0 aliphatic heterocycles. The Kier molecular flexibility index (Phi) is 6.13. The van der Waals surface area contributed by atoms with Crippen LogP contribution in [-0.2, 0) is 10.0 Å². The molecule has 0 heterocycles. The minimum atomic E-state index is -3.77. The highest BCUT2D eigenvalue weighted by Crippen LogP contribution is 2.31. The van der Waals surface area contributed by atoms with Crippen LogP contribution in [0.25, 0.3) is 0 Å². The lowest BCUT2D eigenvalue weighted by atomic mass is 9.96. The Labute approximate surface area is 130 Å². The lowest BCUT2D eigenvalue weighted by Crippen LogP contribution is -2.38. The molecule has 0 spiro atoms. The number of sulfonamides is 1. The van der Waals surface area contributed by atoms with Gasteiger partial charge in [0.25, 0.3) is 0 Å². The predicted octanol–water partition coefficient (Wildman–Crippen LogP) is 3.68. The molecule has 1 rings (SSSR count). The minimum Gasteiger partial charge on any atom is -0.398 e. The topological polar surface area (TPSA) is 72.2 Å². The summed E-state index contributed by atoms with van der Waals surface area (Å²) >= 11 is 11.8. The van der Waals surface area contributed by atoms with Gasteiger partial charge in [-0.05, 0) is 25.0 Å². The Hall–Kier alpha value is -0.490. The number of benzene rings is 1. The third-order valence-corrected chi connectivity index (χ3v) is 5.71. The van der Waals surface area contributed by atoms with Crippen LogP contribution in [0.15, 0.2) is 17.0 Å². The molecule has 0 saturated heterocycles. The number of anilines is 1. The number of hydrogen-bond acceptors (Lipinski definition) is 3. The fraction of sp³-hybridized carbons (Fsp3) is 0.538. The quantitative estimate of drug-likeness (QED) is 0.777. The van der Waals surface area contributed by atoms with Crippen molar-refractivity contribution in [2.75, 3.05) is 5.73 Å². The molecule has 0 saturated carbocycles. The number of halogens is 2. The number of nitrogens with one attached hydrogen (secondary N) is 1. The molecule has 114 valence electrons. The van der Waals surface area contributed by atoms with Gasteiger partial charge in [0.15, 0.2) is 0 Å². The molecule has 1 unspecified atom stereocenters. The molecule has 0 radical (unpaired) electrons. The Balaban J connectivity index is 3.12. The standard InChI is InChI=1S/C13H20Cl2N2O2S/c1-4-9(5-2)8(3)17-20(18,19)13-11(15)6-10(14)7-12(13)16/h6-9,17H,4-5,16H2,1-3H3. The number of rotatable bonds is 6. The predicted molar refractivity (Wildman–Crippen MR) is 84.7 cm³/mol. The first-order valence-corrected chi connectivity index (χ1v) is 8.73. The lowest BCUT2D eigenvalue weighted by molar-refractivity contribution is 0.391. The van der Waals surface area contributed by atoms with Crippen molar-refractivity contribution in [3.8, 4) is 0 Å². The molecule has 1 aromatic rings. The van der Waals surface area contributed by atoms with Crippen molar-refractivity contribution in [1.29, 1.82) is 0 Å². The largest absolute Gasteiger partial charge is 0.398 e. The van der Waals surface area contributed by atoms with Gasteiger partial charge in [-0.2, -0.15) is 0 Å². The van der Waals surface area contributed by atoms with Gasteiger partial charge in [-0.1, -0.05) is 49.9 Å². The summed E-state index contributed by atoms with van der Waals surface area (Å²) in [6, 6.07) is 2.56. The first kappa shape index (κ1) is 17.6. The van der Waals surface area contributed by atoms with E-state index in [1.54, 1.807) is 0 Å². The summed E-state index contributed by atoms with van der Waals surface area (Å²) in [6.07, 6.45) is 1.79. The van der Waals surface area contributed by atoms with Gasteiger partial charge in [-0.3, -0.25) is 0 Å². The van der Waals surface area contributed by atoms with E-state index in [-0.39, 0.29) is 27.6 Å². The molecule has 4 nitrogen and oxygen atoms in total. The second-order valence-corrected chi connectivity index (χ2v) is 7.29. The van der Waals surface area contributed by atoms with Crippen LogP contribution < -0.4 is 10.5 Å². The summed E-state index contributed by atoms with van der Waals surface area (Å²) in [4.78, 5) is -0.110. The molecular weight excluding hydrogens is 319 g/mol. The maximum Gasteiger partial charge on any atom is 0.244 e. The average molecular weight is 339 g/mol.